The van der Waals surface area contributed by atoms with Crippen LogP contribution in [0.3, 0.4) is 0 Å². The molecule has 1 atom stereocenters. The Labute approximate surface area is 319 Å². The molecular weight excluding hydrogens is 706 g/mol. The maximum atomic E-state index is 13.2. The van der Waals surface area contributed by atoms with Crippen molar-refractivity contribution in [2.45, 2.75) is 103 Å². The van der Waals surface area contributed by atoms with Crippen LogP contribution in [-0.4, -0.2) is 59.7 Å². The second-order valence-electron chi connectivity index (χ2n) is 14.9. The predicted molar refractivity (Wildman–Crippen MR) is 211 cm³/mol. The van der Waals surface area contributed by atoms with Crippen LogP contribution in [0.15, 0.2) is 53.6 Å². The minimum absolute atomic E-state index is 0.203. The third-order valence-electron chi connectivity index (χ3n) is 11.6. The molecule has 0 radical (unpaired) electrons. The lowest BCUT2D eigenvalue weighted by atomic mass is 9.61. The molecule has 9 rings (SSSR count). The molecule has 13 nitrogen and oxygen atoms in total. The fourth-order valence-electron chi connectivity index (χ4n) is 8.92. The van der Waals surface area contributed by atoms with Gasteiger partial charge in [0.25, 0.3) is 0 Å². The average Bonchev–Trinajstić information content (AvgIpc) is 3.86. The molecule has 2 saturated carbocycles. The van der Waals surface area contributed by atoms with Crippen molar-refractivity contribution in [3.63, 3.8) is 0 Å². The molecule has 14 heteroatoms. The minimum Gasteiger partial charge on any atom is -0.489 e. The molecule has 2 aliphatic heterocycles. The van der Waals surface area contributed by atoms with E-state index in [0.717, 1.165) is 72.3 Å². The molecule has 5 aromatic rings. The molecular formula is C40H50ClN9O4. The Hall–Kier alpha value is -4.91. The summed E-state index contributed by atoms with van der Waals surface area (Å²) in [5, 5.41) is 3.80. The number of para-hydroxylation sites is 1. The molecule has 2 aliphatic carbocycles. The van der Waals surface area contributed by atoms with Crippen molar-refractivity contribution in [3.05, 3.63) is 70.3 Å². The van der Waals surface area contributed by atoms with Crippen LogP contribution in [0.2, 0.25) is 5.28 Å². The van der Waals surface area contributed by atoms with E-state index in [4.69, 9.17) is 22.1 Å². The van der Waals surface area contributed by atoms with E-state index in [2.05, 4.69) is 48.8 Å². The lowest BCUT2D eigenvalue weighted by Gasteiger charge is -2.52. The summed E-state index contributed by atoms with van der Waals surface area (Å²) in [6, 6.07) is 11.6. The number of hydrogen-bond donors (Lipinski definition) is 2. The second kappa shape index (κ2) is 15.4. The van der Waals surface area contributed by atoms with E-state index in [1.54, 1.807) is 28.4 Å². The van der Waals surface area contributed by atoms with Crippen molar-refractivity contribution in [1.82, 2.24) is 34.0 Å². The number of fused-ring (bicyclic) bond motifs is 2. The maximum Gasteiger partial charge on any atom is 0.329 e. The van der Waals surface area contributed by atoms with Gasteiger partial charge in [-0.05, 0) is 99.2 Å². The number of amides is 2. The predicted octanol–water partition coefficient (Wildman–Crippen LogP) is 6.66. The number of hydrogen-bond acceptors (Lipinski definition) is 9. The zero-order chi connectivity index (χ0) is 38.1. The van der Waals surface area contributed by atoms with Gasteiger partial charge in [0, 0.05) is 49.9 Å². The van der Waals surface area contributed by atoms with Crippen LogP contribution < -0.4 is 26.4 Å². The average molecular weight is 756 g/mol. The van der Waals surface area contributed by atoms with Gasteiger partial charge in [0.1, 0.15) is 23.3 Å². The molecule has 4 aliphatic rings. The van der Waals surface area contributed by atoms with E-state index >= 15 is 0 Å². The number of nitrogens with one attached hydrogen (secondary N) is 1. The number of rotatable bonds is 5. The highest BCUT2D eigenvalue weighted by Gasteiger charge is 2.47. The van der Waals surface area contributed by atoms with E-state index in [-0.39, 0.29) is 24.1 Å². The highest BCUT2D eigenvalue weighted by molar-refractivity contribution is 6.28. The summed E-state index contributed by atoms with van der Waals surface area (Å²) in [6.07, 6.45) is 13.6. The lowest BCUT2D eigenvalue weighted by molar-refractivity contribution is -0.135. The number of nitrogens with two attached hydrogens (primary N) is 1. The number of piperidine rings is 2. The van der Waals surface area contributed by atoms with Gasteiger partial charge in [0.15, 0.2) is 0 Å². The zero-order valence-corrected chi connectivity index (χ0v) is 32.3. The van der Waals surface area contributed by atoms with Crippen LogP contribution in [0.4, 0.5) is 11.5 Å². The van der Waals surface area contributed by atoms with Gasteiger partial charge in [0.05, 0.1) is 29.0 Å². The van der Waals surface area contributed by atoms with E-state index < -0.39 is 11.9 Å². The Morgan fingerprint density at radius 2 is 1.70 bits per heavy atom. The number of imide groups is 1. The number of benzene rings is 1. The van der Waals surface area contributed by atoms with E-state index in [1.165, 1.54) is 31.4 Å². The monoisotopic (exact) mass is 755 g/mol. The number of halogens is 1. The number of pyridine rings is 1. The van der Waals surface area contributed by atoms with E-state index in [9.17, 15) is 14.4 Å². The first kappa shape index (κ1) is 37.4. The van der Waals surface area contributed by atoms with E-state index in [0.29, 0.717) is 29.0 Å². The van der Waals surface area contributed by atoms with Crippen molar-refractivity contribution >= 4 is 57.0 Å². The first-order valence-corrected chi connectivity index (χ1v) is 19.6. The summed E-state index contributed by atoms with van der Waals surface area (Å²) in [5.41, 5.74) is 10.5. The largest absolute Gasteiger partial charge is 0.489 e. The van der Waals surface area contributed by atoms with Crippen LogP contribution in [-0.2, 0) is 16.6 Å². The Kier molecular flexibility index (Phi) is 10.7. The van der Waals surface area contributed by atoms with Crippen molar-refractivity contribution < 1.29 is 14.3 Å². The van der Waals surface area contributed by atoms with Crippen molar-refractivity contribution in [2.24, 2.45) is 12.5 Å². The lowest BCUT2D eigenvalue weighted by Crippen LogP contribution is -2.51. The van der Waals surface area contributed by atoms with Crippen molar-refractivity contribution in [3.8, 4) is 5.75 Å². The van der Waals surface area contributed by atoms with Crippen LogP contribution in [0, 0.1) is 12.3 Å². The molecule has 54 heavy (non-hydrogen) atoms. The third kappa shape index (κ3) is 7.17. The van der Waals surface area contributed by atoms with Crippen LogP contribution in [0.1, 0.15) is 95.8 Å². The third-order valence-corrected chi connectivity index (χ3v) is 11.8. The minimum atomic E-state index is -0.679. The first-order chi connectivity index (χ1) is 26.1. The number of carbonyl (C=O) groups excluding carboxylic acids is 2. The maximum absolute atomic E-state index is 13.2. The molecule has 4 fully saturated rings. The van der Waals surface area contributed by atoms with E-state index in [1.807, 2.05) is 38.2 Å². The van der Waals surface area contributed by atoms with Gasteiger partial charge in [-0.1, -0.05) is 32.8 Å². The van der Waals surface area contributed by atoms with Gasteiger partial charge >= 0.3 is 5.69 Å². The standard InChI is InChI=1S/C26H30N6O4.C12H14ClN3.C2H6/c1-30-23-18(3-2-4-19(23)32(25(30)35)20-6-8-22(33)29-24(20)34)31-11-9-26(10-12-31)13-17(14-26)36-16-5-7-21(27)28-15-16;1-8-6-9-7-14-12(13)15-11(9)16(8)10-4-2-3-5-10;1-2/h2-5,7,15,17,20H,6,8-14H2,1H3,(H2,27,28)(H,29,33,34);6-7,10H,2-5H2,1H3;1-2H3. The number of aryl methyl sites for hydroxylation is 2. The van der Waals surface area contributed by atoms with Gasteiger partial charge in [-0.2, -0.15) is 4.98 Å². The number of nitrogens with zero attached hydrogens (tertiary/aromatic N) is 7. The smallest absolute Gasteiger partial charge is 0.329 e. The Morgan fingerprint density at radius 1 is 0.963 bits per heavy atom. The van der Waals surface area contributed by atoms with Gasteiger partial charge < -0.3 is 19.9 Å². The van der Waals surface area contributed by atoms with Crippen LogP contribution in [0.5, 0.6) is 5.75 Å². The molecule has 6 heterocycles. The van der Waals surface area contributed by atoms with Gasteiger partial charge in [-0.25, -0.2) is 14.8 Å². The SMILES string of the molecule is CC.Cc1cc2cnc(Cl)nc2n1C1CCCC1.Cn1c(=O)n(C2CCC(=O)NC2=O)c2cccc(N3CCC4(CC3)CC(Oc3ccc(N)nc3)C4)c21. The number of imidazole rings is 1. The Morgan fingerprint density at radius 3 is 2.39 bits per heavy atom. The number of aromatic nitrogens is 6. The molecule has 1 aromatic carbocycles. The summed E-state index contributed by atoms with van der Waals surface area (Å²) >= 11 is 5.87. The quantitative estimate of drug-likeness (QED) is 0.148. The number of carbonyl (C=O) groups is 2. The van der Waals surface area contributed by atoms with Crippen LogP contribution >= 0.6 is 11.6 Å². The topological polar surface area (TPSA) is 155 Å². The molecule has 1 spiro atoms. The highest BCUT2D eigenvalue weighted by atomic mass is 35.5. The molecule has 3 N–H and O–H groups in total. The van der Waals surface area contributed by atoms with Crippen molar-refractivity contribution in [1.29, 1.82) is 0 Å². The molecule has 2 amide bonds. The highest BCUT2D eigenvalue weighted by Crippen LogP contribution is 2.51. The molecule has 286 valence electrons. The Balaban J connectivity index is 0.000000208. The Bertz CT molecular complexity index is 2200. The summed E-state index contributed by atoms with van der Waals surface area (Å²) in [5.74, 6) is 0.540. The fourth-order valence-corrected chi connectivity index (χ4v) is 9.05. The molecule has 1 unspecified atom stereocenters. The fraction of sp³-hybridized carbons (Fsp3) is 0.500. The zero-order valence-electron chi connectivity index (χ0n) is 31.6. The van der Waals surface area contributed by atoms with Gasteiger partial charge in [0.2, 0.25) is 17.1 Å². The van der Waals surface area contributed by atoms with Crippen LogP contribution in [0.25, 0.3) is 22.1 Å². The van der Waals surface area contributed by atoms with Gasteiger partial charge in [-0.15, -0.1) is 0 Å². The number of nitrogen functional groups attached to an aromatic ring is 1. The molecule has 4 aromatic heterocycles. The normalized spacial score (nSPS) is 19.9. The first-order valence-electron chi connectivity index (χ1n) is 19.3. The summed E-state index contributed by atoms with van der Waals surface area (Å²) < 4.78 is 11.6. The summed E-state index contributed by atoms with van der Waals surface area (Å²) in [7, 11) is 1.75. The summed E-state index contributed by atoms with van der Waals surface area (Å²) in [4.78, 5) is 52.2. The summed E-state index contributed by atoms with van der Waals surface area (Å²) in [6.45, 7) is 7.92. The molecule has 2 saturated heterocycles. The number of ether oxygens (including phenoxy) is 1. The van der Waals surface area contributed by atoms with Gasteiger partial charge in [-0.3, -0.25) is 24.0 Å². The molecule has 0 bridgehead atoms. The number of anilines is 2. The van der Waals surface area contributed by atoms with Crippen molar-refractivity contribution in [2.75, 3.05) is 23.7 Å². The second-order valence-corrected chi connectivity index (χ2v) is 15.2.